The fraction of sp³-hybridized carbons (Fsp3) is 0.538. The van der Waals surface area contributed by atoms with E-state index in [-0.39, 0.29) is 16.9 Å². The normalized spacial score (nSPS) is 24.9. The lowest BCUT2D eigenvalue weighted by molar-refractivity contribution is -0.00666. The van der Waals surface area contributed by atoms with E-state index in [9.17, 15) is 4.39 Å². The third-order valence-corrected chi connectivity index (χ3v) is 3.51. The molecule has 0 bridgehead atoms. The molecule has 0 aliphatic carbocycles. The summed E-state index contributed by atoms with van der Waals surface area (Å²) in [6.45, 7) is 4.55. The van der Waals surface area contributed by atoms with Gasteiger partial charge in [0.25, 0.3) is 0 Å². The Morgan fingerprint density at radius 2 is 2.35 bits per heavy atom. The predicted octanol–water partition coefficient (Wildman–Crippen LogP) is 2.99. The lowest BCUT2D eigenvalue weighted by Gasteiger charge is -2.29. The maximum absolute atomic E-state index is 13.2. The molecule has 94 valence electrons. The molecule has 2 rings (SSSR count). The molecule has 1 heterocycles. The van der Waals surface area contributed by atoms with Crippen LogP contribution in [0.1, 0.15) is 18.9 Å². The monoisotopic (exact) mass is 257 g/mol. The minimum absolute atomic E-state index is 0.154. The Hall–Kier alpha value is -0.640. The Bertz CT molecular complexity index is 386. The van der Waals surface area contributed by atoms with Gasteiger partial charge in [0.1, 0.15) is 5.82 Å². The van der Waals surface area contributed by atoms with E-state index in [4.69, 9.17) is 16.3 Å². The van der Waals surface area contributed by atoms with Crippen molar-refractivity contribution in [1.82, 2.24) is 5.32 Å². The molecule has 1 aliphatic rings. The van der Waals surface area contributed by atoms with E-state index in [0.717, 1.165) is 25.1 Å². The highest BCUT2D eigenvalue weighted by molar-refractivity contribution is 6.30. The molecule has 4 heteroatoms. The summed E-state index contributed by atoms with van der Waals surface area (Å²) < 4.78 is 19.0. The molecule has 17 heavy (non-hydrogen) atoms. The van der Waals surface area contributed by atoms with Crippen molar-refractivity contribution in [3.63, 3.8) is 0 Å². The van der Waals surface area contributed by atoms with Crippen LogP contribution >= 0.6 is 11.6 Å². The zero-order valence-corrected chi connectivity index (χ0v) is 10.6. The van der Waals surface area contributed by atoms with Crippen LogP contribution in [0.5, 0.6) is 0 Å². The first-order valence-electron chi connectivity index (χ1n) is 5.93. The van der Waals surface area contributed by atoms with Gasteiger partial charge in [-0.3, -0.25) is 0 Å². The van der Waals surface area contributed by atoms with E-state index < -0.39 is 0 Å². The summed E-state index contributed by atoms with van der Waals surface area (Å²) in [6.07, 6.45) is 1.34. The lowest BCUT2D eigenvalue weighted by Crippen LogP contribution is -2.40. The fourth-order valence-electron chi connectivity index (χ4n) is 2.02. The highest BCUT2D eigenvalue weighted by atomic mass is 35.5. The van der Waals surface area contributed by atoms with Gasteiger partial charge in [-0.1, -0.05) is 24.6 Å². The van der Waals surface area contributed by atoms with Crippen LogP contribution in [0.25, 0.3) is 0 Å². The number of ether oxygens (including phenoxy) is 1. The number of hydrogen-bond acceptors (Lipinski definition) is 2. The molecule has 1 aromatic rings. The molecule has 0 amide bonds. The standard InChI is InChI=1S/C13H17ClFNO/c1-9-4-5-16-7-13(9)17-8-10-2-3-11(14)12(15)6-10/h2-3,6,9,13,16H,4-5,7-8H2,1H3. The summed E-state index contributed by atoms with van der Waals surface area (Å²) in [5.74, 6) is 0.163. The van der Waals surface area contributed by atoms with Crippen LogP contribution in [0, 0.1) is 11.7 Å². The second-order valence-corrected chi connectivity index (χ2v) is 4.98. The quantitative estimate of drug-likeness (QED) is 0.899. The summed E-state index contributed by atoms with van der Waals surface area (Å²) in [4.78, 5) is 0. The fourth-order valence-corrected chi connectivity index (χ4v) is 2.13. The van der Waals surface area contributed by atoms with Gasteiger partial charge >= 0.3 is 0 Å². The number of hydrogen-bond donors (Lipinski definition) is 1. The minimum Gasteiger partial charge on any atom is -0.372 e. The maximum atomic E-state index is 13.2. The molecule has 0 radical (unpaired) electrons. The first-order valence-corrected chi connectivity index (χ1v) is 6.31. The largest absolute Gasteiger partial charge is 0.372 e. The van der Waals surface area contributed by atoms with Crippen molar-refractivity contribution in [3.05, 3.63) is 34.6 Å². The SMILES string of the molecule is CC1CCNCC1OCc1ccc(Cl)c(F)c1. The van der Waals surface area contributed by atoms with Gasteiger partial charge in [0.15, 0.2) is 0 Å². The number of halogens is 2. The first-order chi connectivity index (χ1) is 8.16. The van der Waals surface area contributed by atoms with Gasteiger partial charge in [0.05, 0.1) is 17.7 Å². The zero-order valence-electron chi connectivity index (χ0n) is 9.88. The number of benzene rings is 1. The Morgan fingerprint density at radius 3 is 3.06 bits per heavy atom. The topological polar surface area (TPSA) is 21.3 Å². The van der Waals surface area contributed by atoms with Crippen LogP contribution in [0.2, 0.25) is 5.02 Å². The molecule has 1 saturated heterocycles. The molecule has 0 saturated carbocycles. The average Bonchev–Trinajstić information content (AvgIpc) is 2.32. The number of piperidine rings is 1. The molecule has 2 atom stereocenters. The van der Waals surface area contributed by atoms with Crippen LogP contribution in [-0.2, 0) is 11.3 Å². The predicted molar refractivity (Wildman–Crippen MR) is 66.6 cm³/mol. The highest BCUT2D eigenvalue weighted by Crippen LogP contribution is 2.19. The van der Waals surface area contributed by atoms with Crippen molar-refractivity contribution in [1.29, 1.82) is 0 Å². The van der Waals surface area contributed by atoms with Gasteiger partial charge < -0.3 is 10.1 Å². The summed E-state index contributed by atoms with van der Waals surface area (Å²) >= 11 is 5.63. The zero-order chi connectivity index (χ0) is 12.3. The van der Waals surface area contributed by atoms with Gasteiger partial charge in [-0.15, -0.1) is 0 Å². The van der Waals surface area contributed by atoms with E-state index in [1.54, 1.807) is 12.1 Å². The molecule has 2 unspecified atom stereocenters. The number of rotatable bonds is 3. The second kappa shape index (κ2) is 5.80. The molecule has 0 aromatic heterocycles. The van der Waals surface area contributed by atoms with Crippen molar-refractivity contribution in [2.24, 2.45) is 5.92 Å². The van der Waals surface area contributed by atoms with Gasteiger partial charge in [0.2, 0.25) is 0 Å². The van der Waals surface area contributed by atoms with Crippen molar-refractivity contribution in [3.8, 4) is 0 Å². The van der Waals surface area contributed by atoms with Crippen LogP contribution in [0.4, 0.5) is 4.39 Å². The van der Waals surface area contributed by atoms with Crippen molar-refractivity contribution in [2.45, 2.75) is 26.1 Å². The van der Waals surface area contributed by atoms with Gasteiger partial charge in [-0.2, -0.15) is 0 Å². The van der Waals surface area contributed by atoms with E-state index in [2.05, 4.69) is 12.2 Å². The molecule has 0 spiro atoms. The third kappa shape index (κ3) is 3.41. The first kappa shape index (κ1) is 12.8. The van der Waals surface area contributed by atoms with Gasteiger partial charge in [-0.25, -0.2) is 4.39 Å². The summed E-state index contributed by atoms with van der Waals surface area (Å²) in [6, 6.07) is 4.80. The maximum Gasteiger partial charge on any atom is 0.142 e. The van der Waals surface area contributed by atoms with E-state index in [0.29, 0.717) is 12.5 Å². The molecule has 1 N–H and O–H groups in total. The molecular weight excluding hydrogens is 241 g/mol. The van der Waals surface area contributed by atoms with Gasteiger partial charge in [-0.05, 0) is 36.6 Å². The van der Waals surface area contributed by atoms with Crippen molar-refractivity contribution >= 4 is 11.6 Å². The molecule has 1 fully saturated rings. The van der Waals surface area contributed by atoms with Crippen molar-refractivity contribution in [2.75, 3.05) is 13.1 Å². The minimum atomic E-state index is -0.386. The Labute approximate surface area is 106 Å². The highest BCUT2D eigenvalue weighted by Gasteiger charge is 2.21. The Kier molecular flexibility index (Phi) is 4.37. The van der Waals surface area contributed by atoms with Crippen molar-refractivity contribution < 1.29 is 9.13 Å². The smallest absolute Gasteiger partial charge is 0.142 e. The van der Waals surface area contributed by atoms with Gasteiger partial charge in [0, 0.05) is 6.54 Å². The molecule has 1 aromatic carbocycles. The third-order valence-electron chi connectivity index (χ3n) is 3.20. The van der Waals surface area contributed by atoms with E-state index >= 15 is 0 Å². The molecule has 1 aliphatic heterocycles. The Morgan fingerprint density at radius 1 is 1.53 bits per heavy atom. The van der Waals surface area contributed by atoms with Crippen LogP contribution in [0.15, 0.2) is 18.2 Å². The van der Waals surface area contributed by atoms with E-state index in [1.165, 1.54) is 6.07 Å². The number of nitrogens with one attached hydrogen (secondary N) is 1. The lowest BCUT2D eigenvalue weighted by atomic mass is 9.97. The summed E-state index contributed by atoms with van der Waals surface area (Å²) in [5, 5.41) is 3.46. The molecule has 2 nitrogen and oxygen atoms in total. The Balaban J connectivity index is 1.90. The van der Waals surface area contributed by atoms with Crippen LogP contribution in [-0.4, -0.2) is 19.2 Å². The summed E-state index contributed by atoms with van der Waals surface area (Å²) in [5.41, 5.74) is 0.824. The average molecular weight is 258 g/mol. The molecular formula is C13H17ClFNO. The summed E-state index contributed by atoms with van der Waals surface area (Å²) in [7, 11) is 0. The van der Waals surface area contributed by atoms with Crippen LogP contribution < -0.4 is 5.32 Å². The van der Waals surface area contributed by atoms with E-state index in [1.807, 2.05) is 0 Å². The second-order valence-electron chi connectivity index (χ2n) is 4.57. The van der Waals surface area contributed by atoms with Crippen LogP contribution in [0.3, 0.4) is 0 Å².